The molecule has 8 heteroatoms. The van der Waals surface area contributed by atoms with E-state index in [0.717, 1.165) is 48.1 Å². The Morgan fingerprint density at radius 1 is 0.886 bits per heavy atom. The van der Waals surface area contributed by atoms with Crippen molar-refractivity contribution in [3.8, 4) is 0 Å². The van der Waals surface area contributed by atoms with Gasteiger partial charge in [-0.25, -0.2) is 9.49 Å². The summed E-state index contributed by atoms with van der Waals surface area (Å²) in [4.78, 5) is 41.3. The molecule has 1 aliphatic carbocycles. The van der Waals surface area contributed by atoms with Crippen LogP contribution in [-0.2, 0) is 19.3 Å². The Hall–Kier alpha value is -3.81. The van der Waals surface area contributed by atoms with Crippen molar-refractivity contribution in [1.82, 2.24) is 20.0 Å². The van der Waals surface area contributed by atoms with Crippen LogP contribution >= 0.6 is 0 Å². The van der Waals surface area contributed by atoms with Crippen LogP contribution in [0.5, 0.6) is 0 Å². The average molecular weight is 475 g/mol. The number of benzene rings is 2. The van der Waals surface area contributed by atoms with Gasteiger partial charge >= 0.3 is 0 Å². The number of piperazine rings is 1. The Kier molecular flexibility index (Phi) is 6.44. The molecule has 0 atom stereocenters. The van der Waals surface area contributed by atoms with Crippen LogP contribution < -0.4 is 5.56 Å². The van der Waals surface area contributed by atoms with Gasteiger partial charge in [0.25, 0.3) is 17.4 Å². The average Bonchev–Trinajstić information content (AvgIpc) is 2.91. The lowest BCUT2D eigenvalue weighted by atomic mass is 9.90. The minimum Gasteiger partial charge on any atom is -0.335 e. The number of H-pyrrole nitrogens is 1. The molecule has 2 heterocycles. The number of hydrogen-bond donors (Lipinski definition) is 1. The fourth-order valence-corrected chi connectivity index (χ4v) is 4.96. The van der Waals surface area contributed by atoms with Crippen molar-refractivity contribution in [3.63, 3.8) is 0 Å². The molecule has 2 aliphatic rings. The monoisotopic (exact) mass is 474 g/mol. The third-order valence-corrected chi connectivity index (χ3v) is 6.89. The van der Waals surface area contributed by atoms with Crippen LogP contribution in [0.2, 0.25) is 0 Å². The Morgan fingerprint density at radius 2 is 1.54 bits per heavy atom. The molecule has 5 rings (SSSR count). The lowest BCUT2D eigenvalue weighted by Gasteiger charge is -2.35. The first-order valence-corrected chi connectivity index (χ1v) is 12.0. The van der Waals surface area contributed by atoms with Crippen LogP contribution in [0, 0.1) is 5.82 Å². The summed E-state index contributed by atoms with van der Waals surface area (Å²) >= 11 is 0. The molecule has 2 amide bonds. The van der Waals surface area contributed by atoms with E-state index in [0.29, 0.717) is 38.2 Å². The zero-order valence-electron chi connectivity index (χ0n) is 19.4. The maximum atomic E-state index is 14.7. The van der Waals surface area contributed by atoms with Gasteiger partial charge in [0.2, 0.25) is 0 Å². The van der Waals surface area contributed by atoms with E-state index >= 15 is 0 Å². The first-order chi connectivity index (χ1) is 17.0. The molecule has 1 N–H and O–H groups in total. The van der Waals surface area contributed by atoms with E-state index in [9.17, 15) is 18.8 Å². The number of fused-ring (bicyclic) bond motifs is 1. The second kappa shape index (κ2) is 9.82. The molecule has 0 radical (unpaired) electrons. The minimum atomic E-state index is -0.571. The summed E-state index contributed by atoms with van der Waals surface area (Å²) in [5, 5.41) is 6.85. The maximum Gasteiger partial charge on any atom is 0.267 e. The number of hydrogen-bond acceptors (Lipinski definition) is 4. The van der Waals surface area contributed by atoms with Gasteiger partial charge < -0.3 is 9.80 Å². The van der Waals surface area contributed by atoms with Crippen molar-refractivity contribution in [1.29, 1.82) is 0 Å². The standard InChI is InChI=1S/C27H27FN4O3/c28-23-11-10-18(17-24-20-8-4-5-9-21(20)25(33)30-29-24)16-22(23)27(35)32-14-12-31(13-15-32)26(34)19-6-2-1-3-7-19/h1-3,6-7,10-11,16H,4-5,8-9,12-15,17H2,(H,30,33). The van der Waals surface area contributed by atoms with Crippen molar-refractivity contribution < 1.29 is 14.0 Å². The number of carbonyl (C=O) groups is 2. The first kappa shape index (κ1) is 23.0. The highest BCUT2D eigenvalue weighted by Crippen LogP contribution is 2.23. The van der Waals surface area contributed by atoms with Gasteiger partial charge in [-0.3, -0.25) is 14.4 Å². The number of nitrogens with one attached hydrogen (secondary N) is 1. The number of nitrogens with zero attached hydrogens (tertiary/aromatic N) is 3. The van der Waals surface area contributed by atoms with E-state index in [2.05, 4.69) is 10.2 Å². The van der Waals surface area contributed by atoms with E-state index in [1.165, 1.54) is 6.07 Å². The fraction of sp³-hybridized carbons (Fsp3) is 0.333. The topological polar surface area (TPSA) is 86.4 Å². The number of aromatic nitrogens is 2. The van der Waals surface area contributed by atoms with Crippen LogP contribution in [0.1, 0.15) is 55.9 Å². The second-order valence-electron chi connectivity index (χ2n) is 9.11. The molecule has 0 unspecified atom stereocenters. The van der Waals surface area contributed by atoms with Gasteiger partial charge in [-0.1, -0.05) is 24.3 Å². The lowest BCUT2D eigenvalue weighted by molar-refractivity contribution is 0.0532. The largest absolute Gasteiger partial charge is 0.335 e. The SMILES string of the molecule is O=C(c1ccccc1)N1CCN(C(=O)c2cc(Cc3n[nH]c(=O)c4c3CCCC4)ccc2F)CC1. The number of amides is 2. The normalized spacial score (nSPS) is 15.6. The minimum absolute atomic E-state index is 0.0172. The van der Waals surface area contributed by atoms with E-state index in [4.69, 9.17) is 0 Å². The maximum absolute atomic E-state index is 14.7. The molecule has 0 saturated carbocycles. The summed E-state index contributed by atoms with van der Waals surface area (Å²) in [7, 11) is 0. The fourth-order valence-electron chi connectivity index (χ4n) is 4.96. The van der Waals surface area contributed by atoms with Gasteiger partial charge in [-0.15, -0.1) is 0 Å². The molecule has 2 aromatic carbocycles. The molecule has 1 aromatic heterocycles. The van der Waals surface area contributed by atoms with Crippen LogP contribution in [0.3, 0.4) is 0 Å². The van der Waals surface area contributed by atoms with E-state index in [1.54, 1.807) is 34.1 Å². The smallest absolute Gasteiger partial charge is 0.267 e. The summed E-state index contributed by atoms with van der Waals surface area (Å²) in [6.07, 6.45) is 3.96. The van der Waals surface area contributed by atoms with Crippen LogP contribution in [0.15, 0.2) is 53.3 Å². The van der Waals surface area contributed by atoms with Gasteiger partial charge in [0, 0.05) is 43.7 Å². The molecule has 1 aliphatic heterocycles. The van der Waals surface area contributed by atoms with Crippen LogP contribution in [0.4, 0.5) is 4.39 Å². The van der Waals surface area contributed by atoms with Crippen molar-refractivity contribution >= 4 is 11.8 Å². The number of carbonyl (C=O) groups excluding carboxylic acids is 2. The van der Waals surface area contributed by atoms with Crippen molar-refractivity contribution in [2.75, 3.05) is 26.2 Å². The highest BCUT2D eigenvalue weighted by atomic mass is 19.1. The third-order valence-electron chi connectivity index (χ3n) is 6.89. The molecule has 7 nitrogen and oxygen atoms in total. The Balaban J connectivity index is 1.29. The van der Waals surface area contributed by atoms with Crippen molar-refractivity contribution in [2.24, 2.45) is 0 Å². The zero-order chi connectivity index (χ0) is 24.4. The molecule has 1 fully saturated rings. The predicted molar refractivity (Wildman–Crippen MR) is 129 cm³/mol. The molecular formula is C27H27FN4O3. The molecular weight excluding hydrogens is 447 g/mol. The number of rotatable bonds is 4. The van der Waals surface area contributed by atoms with Crippen LogP contribution in [-0.4, -0.2) is 58.0 Å². The summed E-state index contributed by atoms with van der Waals surface area (Å²) in [5.41, 5.74) is 3.81. The van der Waals surface area contributed by atoms with Crippen LogP contribution in [0.25, 0.3) is 0 Å². The second-order valence-corrected chi connectivity index (χ2v) is 9.11. The summed E-state index contributed by atoms with van der Waals surface area (Å²) < 4.78 is 14.7. The third kappa shape index (κ3) is 4.73. The van der Waals surface area contributed by atoms with Gasteiger partial charge in [-0.2, -0.15) is 5.10 Å². The first-order valence-electron chi connectivity index (χ1n) is 12.0. The molecule has 1 saturated heterocycles. The highest BCUT2D eigenvalue weighted by molar-refractivity contribution is 5.96. The Labute approximate surface area is 202 Å². The molecule has 180 valence electrons. The summed E-state index contributed by atoms with van der Waals surface area (Å²) in [6, 6.07) is 13.6. The Bertz CT molecular complexity index is 1310. The molecule has 0 spiro atoms. The van der Waals surface area contributed by atoms with Crippen molar-refractivity contribution in [3.05, 3.63) is 98.2 Å². The lowest BCUT2D eigenvalue weighted by Crippen LogP contribution is -2.50. The highest BCUT2D eigenvalue weighted by Gasteiger charge is 2.27. The van der Waals surface area contributed by atoms with Crippen molar-refractivity contribution in [2.45, 2.75) is 32.1 Å². The number of aromatic amines is 1. The summed E-state index contributed by atoms with van der Waals surface area (Å²) in [6.45, 7) is 1.48. The van der Waals surface area contributed by atoms with E-state index in [-0.39, 0.29) is 22.9 Å². The quantitative estimate of drug-likeness (QED) is 0.630. The van der Waals surface area contributed by atoms with Gasteiger partial charge in [-0.05, 0) is 61.1 Å². The van der Waals surface area contributed by atoms with E-state index < -0.39 is 5.82 Å². The zero-order valence-corrected chi connectivity index (χ0v) is 19.4. The summed E-state index contributed by atoms with van der Waals surface area (Å²) in [5.74, 6) is -1.02. The Morgan fingerprint density at radius 3 is 2.26 bits per heavy atom. The van der Waals surface area contributed by atoms with E-state index in [1.807, 2.05) is 18.2 Å². The van der Waals surface area contributed by atoms with Gasteiger partial charge in [0.15, 0.2) is 0 Å². The molecule has 35 heavy (non-hydrogen) atoms. The van der Waals surface area contributed by atoms with Gasteiger partial charge in [0.1, 0.15) is 5.82 Å². The predicted octanol–water partition coefficient (Wildman–Crippen LogP) is 2.98. The molecule has 3 aromatic rings. The molecule has 0 bridgehead atoms. The van der Waals surface area contributed by atoms with Gasteiger partial charge in [0.05, 0.1) is 11.3 Å². The number of halogens is 1.